The quantitative estimate of drug-likeness (QED) is 0.534. The SMILES string of the molecule is Cc1ccccc1-c1cc(N=Cc2ccccc2)nc[n+]1C. The fourth-order valence-corrected chi connectivity index (χ4v) is 2.35. The maximum absolute atomic E-state index is 4.48. The molecule has 0 spiro atoms. The number of aromatic nitrogens is 2. The summed E-state index contributed by atoms with van der Waals surface area (Å²) in [5.74, 6) is 0.709. The first-order chi connectivity index (χ1) is 10.7. The molecule has 0 atom stereocenters. The molecule has 2 aromatic carbocycles. The van der Waals surface area contributed by atoms with Crippen molar-refractivity contribution in [2.45, 2.75) is 6.92 Å². The molecule has 3 nitrogen and oxygen atoms in total. The highest BCUT2D eigenvalue weighted by molar-refractivity contribution is 5.81. The molecule has 22 heavy (non-hydrogen) atoms. The summed E-state index contributed by atoms with van der Waals surface area (Å²) in [5, 5.41) is 0. The fraction of sp³-hybridized carbons (Fsp3) is 0.105. The van der Waals surface area contributed by atoms with Gasteiger partial charge in [-0.1, -0.05) is 54.6 Å². The van der Waals surface area contributed by atoms with Crippen LogP contribution in [0.2, 0.25) is 0 Å². The molecule has 1 aromatic heterocycles. The van der Waals surface area contributed by atoms with Crippen molar-refractivity contribution in [3.63, 3.8) is 0 Å². The Hall–Kier alpha value is -2.81. The van der Waals surface area contributed by atoms with Crippen molar-refractivity contribution in [2.24, 2.45) is 12.0 Å². The predicted octanol–water partition coefficient (Wildman–Crippen LogP) is 3.63. The molecular formula is C19H18N3+. The Balaban J connectivity index is 1.97. The monoisotopic (exact) mass is 288 g/mol. The van der Waals surface area contributed by atoms with Crippen LogP contribution >= 0.6 is 0 Å². The van der Waals surface area contributed by atoms with Crippen LogP contribution in [0.4, 0.5) is 5.82 Å². The second-order valence-corrected chi connectivity index (χ2v) is 5.23. The summed E-state index contributed by atoms with van der Waals surface area (Å²) in [5.41, 5.74) is 4.61. The first-order valence-electron chi connectivity index (χ1n) is 7.25. The Morgan fingerprint density at radius 3 is 2.50 bits per heavy atom. The van der Waals surface area contributed by atoms with Gasteiger partial charge in [-0.25, -0.2) is 9.56 Å². The van der Waals surface area contributed by atoms with E-state index in [0.717, 1.165) is 11.3 Å². The average Bonchev–Trinajstić information content (AvgIpc) is 2.56. The molecule has 0 aliphatic heterocycles. The maximum Gasteiger partial charge on any atom is 0.289 e. The lowest BCUT2D eigenvalue weighted by molar-refractivity contribution is -0.663. The molecule has 3 rings (SSSR count). The number of nitrogens with zero attached hydrogens (tertiary/aromatic N) is 3. The highest BCUT2D eigenvalue weighted by atomic mass is 15.0. The van der Waals surface area contributed by atoms with Crippen LogP contribution in [0.25, 0.3) is 11.3 Å². The summed E-state index contributed by atoms with van der Waals surface area (Å²) < 4.78 is 2.02. The number of aryl methyl sites for hydroxylation is 2. The van der Waals surface area contributed by atoms with Crippen molar-refractivity contribution < 1.29 is 4.57 Å². The third-order valence-electron chi connectivity index (χ3n) is 3.58. The van der Waals surface area contributed by atoms with Crippen LogP contribution in [-0.4, -0.2) is 11.2 Å². The van der Waals surface area contributed by atoms with E-state index in [1.54, 1.807) is 6.33 Å². The van der Waals surface area contributed by atoms with E-state index < -0.39 is 0 Å². The van der Waals surface area contributed by atoms with Gasteiger partial charge in [0.05, 0.1) is 13.1 Å². The Morgan fingerprint density at radius 1 is 1.00 bits per heavy atom. The summed E-state index contributed by atoms with van der Waals surface area (Å²) in [6.45, 7) is 2.11. The van der Waals surface area contributed by atoms with E-state index in [1.807, 2.05) is 54.2 Å². The summed E-state index contributed by atoms with van der Waals surface area (Å²) in [4.78, 5) is 8.86. The normalized spacial score (nSPS) is 11.0. The van der Waals surface area contributed by atoms with Crippen LogP contribution in [0.3, 0.4) is 0 Å². The lowest BCUT2D eigenvalue weighted by atomic mass is 10.1. The molecule has 0 aliphatic rings. The molecule has 0 fully saturated rings. The first-order valence-corrected chi connectivity index (χ1v) is 7.25. The van der Waals surface area contributed by atoms with Gasteiger partial charge in [-0.15, -0.1) is 0 Å². The van der Waals surface area contributed by atoms with Crippen LogP contribution in [0.1, 0.15) is 11.1 Å². The van der Waals surface area contributed by atoms with E-state index in [2.05, 4.69) is 41.2 Å². The van der Waals surface area contributed by atoms with Gasteiger partial charge in [0.25, 0.3) is 12.1 Å². The van der Waals surface area contributed by atoms with E-state index in [-0.39, 0.29) is 0 Å². The van der Waals surface area contributed by atoms with Gasteiger partial charge in [0.15, 0.2) is 0 Å². The van der Waals surface area contributed by atoms with Gasteiger partial charge in [-0.3, -0.25) is 0 Å². The molecule has 1 heterocycles. The van der Waals surface area contributed by atoms with E-state index in [1.165, 1.54) is 11.1 Å². The predicted molar refractivity (Wildman–Crippen MR) is 89.3 cm³/mol. The van der Waals surface area contributed by atoms with Gasteiger partial charge in [0.1, 0.15) is 5.69 Å². The van der Waals surface area contributed by atoms with Gasteiger partial charge in [-0.2, -0.15) is 0 Å². The van der Waals surface area contributed by atoms with Crippen LogP contribution in [0.5, 0.6) is 0 Å². The van der Waals surface area contributed by atoms with Crippen LogP contribution in [0, 0.1) is 6.92 Å². The Kier molecular flexibility index (Phi) is 4.05. The second-order valence-electron chi connectivity index (χ2n) is 5.23. The third-order valence-corrected chi connectivity index (χ3v) is 3.58. The van der Waals surface area contributed by atoms with Gasteiger partial charge in [0.2, 0.25) is 0 Å². The second kappa shape index (κ2) is 6.31. The molecule has 0 saturated heterocycles. The number of benzene rings is 2. The van der Waals surface area contributed by atoms with E-state index in [0.29, 0.717) is 5.82 Å². The molecule has 0 unspecified atom stereocenters. The van der Waals surface area contributed by atoms with Gasteiger partial charge >= 0.3 is 0 Å². The smallest absolute Gasteiger partial charge is 0.232 e. The zero-order chi connectivity index (χ0) is 15.4. The Bertz CT molecular complexity index is 808. The minimum Gasteiger partial charge on any atom is -0.232 e. The molecule has 0 radical (unpaired) electrons. The molecule has 0 saturated carbocycles. The molecule has 0 N–H and O–H groups in total. The lowest BCUT2D eigenvalue weighted by Gasteiger charge is -2.05. The maximum atomic E-state index is 4.48. The summed E-state index contributed by atoms with van der Waals surface area (Å²) in [7, 11) is 2.00. The van der Waals surface area contributed by atoms with Crippen LogP contribution < -0.4 is 4.57 Å². The highest BCUT2D eigenvalue weighted by Crippen LogP contribution is 2.22. The summed E-state index contributed by atoms with van der Waals surface area (Å²) in [6.07, 6.45) is 3.64. The molecule has 0 aliphatic carbocycles. The van der Waals surface area contributed by atoms with E-state index in [9.17, 15) is 0 Å². The topological polar surface area (TPSA) is 29.1 Å². The van der Waals surface area contributed by atoms with Crippen molar-refractivity contribution in [1.82, 2.24) is 4.98 Å². The third kappa shape index (κ3) is 3.09. The van der Waals surface area contributed by atoms with Crippen molar-refractivity contribution in [3.05, 3.63) is 78.1 Å². The average molecular weight is 288 g/mol. The number of hydrogen-bond acceptors (Lipinski definition) is 2. The minimum absolute atomic E-state index is 0.709. The number of hydrogen-bond donors (Lipinski definition) is 0. The van der Waals surface area contributed by atoms with Crippen LogP contribution in [-0.2, 0) is 7.05 Å². The summed E-state index contributed by atoms with van der Waals surface area (Å²) >= 11 is 0. The molecular weight excluding hydrogens is 270 g/mol. The number of aliphatic imine (C=N–C) groups is 1. The largest absolute Gasteiger partial charge is 0.289 e. The summed E-state index contributed by atoms with van der Waals surface area (Å²) in [6, 6.07) is 20.4. The molecule has 3 aromatic rings. The molecule has 0 bridgehead atoms. The van der Waals surface area contributed by atoms with Gasteiger partial charge in [0, 0.05) is 11.8 Å². The number of rotatable bonds is 3. The van der Waals surface area contributed by atoms with Crippen molar-refractivity contribution in [1.29, 1.82) is 0 Å². The fourth-order valence-electron chi connectivity index (χ4n) is 2.35. The Morgan fingerprint density at radius 2 is 1.73 bits per heavy atom. The van der Waals surface area contributed by atoms with Crippen molar-refractivity contribution in [2.75, 3.05) is 0 Å². The van der Waals surface area contributed by atoms with Gasteiger partial charge in [-0.05, 0) is 23.0 Å². The lowest BCUT2D eigenvalue weighted by Crippen LogP contribution is -2.31. The van der Waals surface area contributed by atoms with E-state index >= 15 is 0 Å². The Labute approximate surface area is 130 Å². The van der Waals surface area contributed by atoms with Gasteiger partial charge < -0.3 is 0 Å². The standard InChI is InChI=1S/C19H18N3/c1-15-8-6-7-11-17(15)18-12-19(21-14-22(18)2)20-13-16-9-4-3-5-10-16/h3-14H,1-2H3/q+1. The molecule has 108 valence electrons. The van der Waals surface area contributed by atoms with E-state index in [4.69, 9.17) is 0 Å². The van der Waals surface area contributed by atoms with Crippen molar-refractivity contribution in [3.8, 4) is 11.3 Å². The molecule has 3 heteroatoms. The highest BCUT2D eigenvalue weighted by Gasteiger charge is 2.12. The minimum atomic E-state index is 0.709. The van der Waals surface area contributed by atoms with Crippen LogP contribution in [0.15, 0.2) is 72.0 Å². The zero-order valence-corrected chi connectivity index (χ0v) is 12.8. The zero-order valence-electron chi connectivity index (χ0n) is 12.8. The molecule has 0 amide bonds. The first kappa shape index (κ1) is 14.1. The van der Waals surface area contributed by atoms with Crippen molar-refractivity contribution >= 4 is 12.0 Å².